The second-order valence-corrected chi connectivity index (χ2v) is 6.74. The molecule has 1 amide bonds. The highest BCUT2D eigenvalue weighted by molar-refractivity contribution is 7.21. The molecule has 1 aromatic heterocycles. The molecule has 4 nitrogen and oxygen atoms in total. The molecule has 3 aromatic rings. The Morgan fingerprint density at radius 2 is 2.08 bits per heavy atom. The molecule has 0 aliphatic carbocycles. The van der Waals surface area contributed by atoms with Gasteiger partial charge in [-0.2, -0.15) is 0 Å². The van der Waals surface area contributed by atoms with Crippen LogP contribution in [0, 0.1) is 5.82 Å². The third-order valence-electron chi connectivity index (χ3n) is 3.67. The molecule has 0 atom stereocenters. The van der Waals surface area contributed by atoms with E-state index in [2.05, 4.69) is 5.32 Å². The zero-order chi connectivity index (χ0) is 18.0. The van der Waals surface area contributed by atoms with Gasteiger partial charge in [0.05, 0.1) is 24.3 Å². The molecule has 0 saturated carbocycles. The van der Waals surface area contributed by atoms with Crippen molar-refractivity contribution in [3.63, 3.8) is 0 Å². The monoisotopic (exact) mass is 379 g/mol. The molecule has 1 N–H and O–H groups in total. The molecule has 1 heterocycles. The molecule has 0 aliphatic rings. The first kappa shape index (κ1) is 17.7. The smallest absolute Gasteiger partial charge is 0.266 e. The van der Waals surface area contributed by atoms with Gasteiger partial charge in [-0.05, 0) is 30.3 Å². The van der Waals surface area contributed by atoms with Crippen LogP contribution < -0.4 is 10.1 Å². The number of anilines is 1. The van der Waals surface area contributed by atoms with Crippen molar-refractivity contribution in [1.29, 1.82) is 0 Å². The molecule has 3 rings (SSSR count). The summed E-state index contributed by atoms with van der Waals surface area (Å²) in [6, 6.07) is 9.70. The van der Waals surface area contributed by atoms with E-state index >= 15 is 0 Å². The number of carbonyl (C=O) groups is 1. The average molecular weight is 380 g/mol. The van der Waals surface area contributed by atoms with Crippen molar-refractivity contribution in [3.05, 3.63) is 57.7 Å². The maximum Gasteiger partial charge on any atom is 0.266 e. The summed E-state index contributed by atoms with van der Waals surface area (Å²) in [5.41, 5.74) is 0.973. The number of benzene rings is 2. The number of carbonyl (C=O) groups excluding carboxylic acids is 1. The SMILES string of the molecule is COCc1c(C(=O)Nc2cc(Cl)ccc2OC)sc2cccc(F)c12. The minimum atomic E-state index is -0.375. The Bertz CT molecular complexity index is 941. The van der Waals surface area contributed by atoms with Gasteiger partial charge in [0.2, 0.25) is 0 Å². The van der Waals surface area contributed by atoms with Gasteiger partial charge in [-0.3, -0.25) is 4.79 Å². The molecule has 0 spiro atoms. The fourth-order valence-electron chi connectivity index (χ4n) is 2.59. The highest BCUT2D eigenvalue weighted by atomic mass is 35.5. The van der Waals surface area contributed by atoms with Gasteiger partial charge in [-0.25, -0.2) is 4.39 Å². The van der Waals surface area contributed by atoms with Crippen molar-refractivity contribution in [1.82, 2.24) is 0 Å². The van der Waals surface area contributed by atoms with Crippen molar-refractivity contribution >= 4 is 44.6 Å². The van der Waals surface area contributed by atoms with E-state index in [0.29, 0.717) is 37.0 Å². The van der Waals surface area contributed by atoms with Crippen LogP contribution in [-0.4, -0.2) is 20.1 Å². The number of hydrogen-bond acceptors (Lipinski definition) is 4. The van der Waals surface area contributed by atoms with E-state index in [9.17, 15) is 9.18 Å². The summed E-state index contributed by atoms with van der Waals surface area (Å²) in [6.07, 6.45) is 0. The number of fused-ring (bicyclic) bond motifs is 1. The number of halogens is 2. The number of rotatable bonds is 5. The van der Waals surface area contributed by atoms with E-state index in [4.69, 9.17) is 21.1 Å². The lowest BCUT2D eigenvalue weighted by atomic mass is 10.1. The lowest BCUT2D eigenvalue weighted by Crippen LogP contribution is -2.13. The third kappa shape index (κ3) is 3.46. The van der Waals surface area contributed by atoms with E-state index in [1.807, 2.05) is 0 Å². The topological polar surface area (TPSA) is 47.6 Å². The summed E-state index contributed by atoms with van der Waals surface area (Å²) in [6.45, 7) is 0.135. The van der Waals surface area contributed by atoms with Gasteiger partial charge in [0, 0.05) is 27.8 Å². The van der Waals surface area contributed by atoms with E-state index in [0.717, 1.165) is 0 Å². The van der Waals surface area contributed by atoms with Gasteiger partial charge in [-0.1, -0.05) is 17.7 Å². The first-order valence-corrected chi connectivity index (χ1v) is 8.58. The Morgan fingerprint density at radius 1 is 1.28 bits per heavy atom. The van der Waals surface area contributed by atoms with Gasteiger partial charge in [0.25, 0.3) is 5.91 Å². The van der Waals surface area contributed by atoms with E-state index in [-0.39, 0.29) is 18.3 Å². The fraction of sp³-hybridized carbons (Fsp3) is 0.167. The fourth-order valence-corrected chi connectivity index (χ4v) is 3.88. The second kappa shape index (κ2) is 7.39. The van der Waals surface area contributed by atoms with Crippen LogP contribution in [0.25, 0.3) is 10.1 Å². The highest BCUT2D eigenvalue weighted by Gasteiger charge is 2.21. The molecule has 0 bridgehead atoms. The number of thiophene rings is 1. The van der Waals surface area contributed by atoms with Crippen molar-refractivity contribution in [2.45, 2.75) is 6.61 Å². The van der Waals surface area contributed by atoms with Crippen molar-refractivity contribution < 1.29 is 18.7 Å². The molecule has 0 unspecified atom stereocenters. The predicted molar refractivity (Wildman–Crippen MR) is 98.5 cm³/mol. The molecule has 2 aromatic carbocycles. The Morgan fingerprint density at radius 3 is 2.80 bits per heavy atom. The number of ether oxygens (including phenoxy) is 2. The quantitative estimate of drug-likeness (QED) is 0.670. The molecular weight excluding hydrogens is 365 g/mol. The molecule has 7 heteroatoms. The normalized spacial score (nSPS) is 10.9. The van der Waals surface area contributed by atoms with E-state index < -0.39 is 0 Å². The molecule has 0 saturated heterocycles. The number of amides is 1. The maximum absolute atomic E-state index is 14.2. The Hall–Kier alpha value is -2.15. The van der Waals surface area contributed by atoms with Gasteiger partial charge < -0.3 is 14.8 Å². The van der Waals surface area contributed by atoms with Crippen LogP contribution in [0.4, 0.5) is 10.1 Å². The minimum absolute atomic E-state index is 0.135. The lowest BCUT2D eigenvalue weighted by Gasteiger charge is -2.11. The van der Waals surface area contributed by atoms with Crippen molar-refractivity contribution in [2.75, 3.05) is 19.5 Å². The summed E-state index contributed by atoms with van der Waals surface area (Å²) in [7, 11) is 3.01. The van der Waals surface area contributed by atoms with Gasteiger partial charge in [0.1, 0.15) is 11.6 Å². The summed E-state index contributed by atoms with van der Waals surface area (Å²) in [5, 5.41) is 3.66. The third-order valence-corrected chi connectivity index (χ3v) is 5.10. The van der Waals surface area contributed by atoms with Crippen LogP contribution >= 0.6 is 22.9 Å². The first-order valence-electron chi connectivity index (χ1n) is 7.39. The molecule has 25 heavy (non-hydrogen) atoms. The van der Waals surface area contributed by atoms with Gasteiger partial charge in [-0.15, -0.1) is 11.3 Å². The van der Waals surface area contributed by atoms with Crippen LogP contribution in [-0.2, 0) is 11.3 Å². The maximum atomic E-state index is 14.2. The zero-order valence-electron chi connectivity index (χ0n) is 13.6. The highest BCUT2D eigenvalue weighted by Crippen LogP contribution is 2.35. The molecule has 0 radical (unpaired) electrons. The lowest BCUT2D eigenvalue weighted by molar-refractivity contribution is 0.102. The Labute approximate surface area is 153 Å². The minimum Gasteiger partial charge on any atom is -0.495 e. The van der Waals surface area contributed by atoms with E-state index in [1.54, 1.807) is 30.3 Å². The number of hydrogen-bond donors (Lipinski definition) is 1. The first-order chi connectivity index (χ1) is 12.0. The standard InChI is InChI=1S/C18H15ClFNO3S/c1-23-9-11-16-12(20)4-3-5-15(16)25-17(11)18(22)21-13-8-10(19)6-7-14(13)24-2/h3-8H,9H2,1-2H3,(H,21,22). The summed E-state index contributed by atoms with van der Waals surface area (Å²) >= 11 is 7.21. The van der Waals surface area contributed by atoms with E-state index in [1.165, 1.54) is 31.6 Å². The van der Waals surface area contributed by atoms with Crippen LogP contribution in [0.5, 0.6) is 5.75 Å². The summed E-state index contributed by atoms with van der Waals surface area (Å²) < 4.78 is 25.3. The molecule has 0 aliphatic heterocycles. The number of nitrogens with one attached hydrogen (secondary N) is 1. The molecule has 0 fully saturated rings. The second-order valence-electron chi connectivity index (χ2n) is 5.25. The Kier molecular flexibility index (Phi) is 5.22. The largest absolute Gasteiger partial charge is 0.495 e. The van der Waals surface area contributed by atoms with Crippen LogP contribution in [0.1, 0.15) is 15.2 Å². The average Bonchev–Trinajstić information content (AvgIpc) is 2.95. The van der Waals surface area contributed by atoms with Crippen molar-refractivity contribution in [2.24, 2.45) is 0 Å². The summed E-state index contributed by atoms with van der Waals surface area (Å²) in [4.78, 5) is 13.2. The number of methoxy groups -OCH3 is 2. The molecule has 130 valence electrons. The Balaban J connectivity index is 2.04. The summed E-state index contributed by atoms with van der Waals surface area (Å²) in [5.74, 6) is -0.258. The zero-order valence-corrected chi connectivity index (χ0v) is 15.1. The van der Waals surface area contributed by atoms with Crippen LogP contribution in [0.3, 0.4) is 0 Å². The van der Waals surface area contributed by atoms with Gasteiger partial charge >= 0.3 is 0 Å². The van der Waals surface area contributed by atoms with Crippen molar-refractivity contribution in [3.8, 4) is 5.75 Å². The predicted octanol–water partition coefficient (Wildman–Crippen LogP) is 5.10. The molecular formula is C18H15ClFNO3S. The van der Waals surface area contributed by atoms with Crippen LogP contribution in [0.2, 0.25) is 5.02 Å². The van der Waals surface area contributed by atoms with Crippen LogP contribution in [0.15, 0.2) is 36.4 Å². The van der Waals surface area contributed by atoms with Gasteiger partial charge in [0.15, 0.2) is 0 Å².